The highest BCUT2D eigenvalue weighted by Crippen LogP contribution is 2.07. The van der Waals surface area contributed by atoms with Crippen LogP contribution >= 0.6 is 0 Å². The Balaban J connectivity index is 2.71. The highest BCUT2D eigenvalue weighted by atomic mass is 32.2. The van der Waals surface area contributed by atoms with Crippen molar-refractivity contribution in [3.05, 3.63) is 24.0 Å². The first kappa shape index (κ1) is 17.0. The number of nitrogens with one attached hydrogen (secondary N) is 1. The SMILES string of the molecule is CN(C)S(=O)(=O)CCNS(=O)(=O)c1ccc(CN)nc1. The van der Waals surface area contributed by atoms with Crippen LogP contribution in [0.4, 0.5) is 0 Å². The van der Waals surface area contributed by atoms with E-state index in [1.54, 1.807) is 0 Å². The van der Waals surface area contributed by atoms with Gasteiger partial charge in [0, 0.05) is 33.4 Å². The molecule has 0 bridgehead atoms. The second-order valence-electron chi connectivity index (χ2n) is 4.19. The summed E-state index contributed by atoms with van der Waals surface area (Å²) < 4.78 is 50.1. The minimum absolute atomic E-state index is 0.0306. The minimum Gasteiger partial charge on any atom is -0.325 e. The molecule has 3 N–H and O–H groups in total. The Morgan fingerprint density at radius 2 is 1.90 bits per heavy atom. The van der Waals surface area contributed by atoms with Gasteiger partial charge in [-0.3, -0.25) is 4.98 Å². The van der Waals surface area contributed by atoms with Crippen LogP contribution in [-0.4, -0.2) is 52.5 Å². The van der Waals surface area contributed by atoms with E-state index in [1.165, 1.54) is 32.4 Å². The van der Waals surface area contributed by atoms with Gasteiger partial charge >= 0.3 is 0 Å². The van der Waals surface area contributed by atoms with Gasteiger partial charge in [0.2, 0.25) is 20.0 Å². The number of rotatable bonds is 7. The van der Waals surface area contributed by atoms with Gasteiger partial charge < -0.3 is 5.73 Å². The van der Waals surface area contributed by atoms with Crippen molar-refractivity contribution < 1.29 is 16.8 Å². The molecule has 0 amide bonds. The normalized spacial score (nSPS) is 12.8. The number of nitrogens with zero attached hydrogens (tertiary/aromatic N) is 2. The van der Waals surface area contributed by atoms with Crippen LogP contribution in [0.25, 0.3) is 0 Å². The Labute approximate surface area is 119 Å². The zero-order chi connectivity index (χ0) is 15.4. The molecule has 0 fully saturated rings. The third kappa shape index (κ3) is 4.49. The maximum atomic E-state index is 11.9. The van der Waals surface area contributed by atoms with Crippen molar-refractivity contribution in [1.82, 2.24) is 14.0 Å². The molecule has 0 spiro atoms. The topological polar surface area (TPSA) is 122 Å². The smallest absolute Gasteiger partial charge is 0.242 e. The van der Waals surface area contributed by atoms with Gasteiger partial charge in [0.05, 0.1) is 11.4 Å². The largest absolute Gasteiger partial charge is 0.325 e. The summed E-state index contributed by atoms with van der Waals surface area (Å²) in [6.45, 7) is 0.0102. The lowest BCUT2D eigenvalue weighted by Crippen LogP contribution is -2.34. The third-order valence-electron chi connectivity index (χ3n) is 2.53. The predicted octanol–water partition coefficient (Wildman–Crippen LogP) is -1.29. The Morgan fingerprint density at radius 3 is 2.35 bits per heavy atom. The first-order valence-electron chi connectivity index (χ1n) is 5.74. The second-order valence-corrected chi connectivity index (χ2v) is 8.25. The fourth-order valence-electron chi connectivity index (χ4n) is 1.26. The molecule has 0 aliphatic heterocycles. The molecule has 0 aliphatic rings. The van der Waals surface area contributed by atoms with Crippen LogP contribution in [0.3, 0.4) is 0 Å². The quantitative estimate of drug-likeness (QED) is 0.644. The lowest BCUT2D eigenvalue weighted by Gasteiger charge is -2.11. The van der Waals surface area contributed by atoms with Crippen molar-refractivity contribution in [3.63, 3.8) is 0 Å². The first-order chi connectivity index (χ1) is 9.19. The minimum atomic E-state index is -3.77. The molecule has 0 saturated heterocycles. The lowest BCUT2D eigenvalue weighted by atomic mass is 10.4. The molecule has 0 atom stereocenters. The maximum Gasteiger partial charge on any atom is 0.242 e. The van der Waals surface area contributed by atoms with Gasteiger partial charge in [0.1, 0.15) is 4.90 Å². The monoisotopic (exact) mass is 322 g/mol. The molecule has 0 saturated carbocycles. The highest BCUT2D eigenvalue weighted by Gasteiger charge is 2.18. The van der Waals surface area contributed by atoms with Crippen LogP contribution in [0.5, 0.6) is 0 Å². The Hall–Kier alpha value is -1.07. The van der Waals surface area contributed by atoms with Crippen molar-refractivity contribution in [2.75, 3.05) is 26.4 Å². The average Bonchev–Trinajstić information content (AvgIpc) is 2.38. The Morgan fingerprint density at radius 1 is 1.25 bits per heavy atom. The molecule has 0 radical (unpaired) electrons. The van der Waals surface area contributed by atoms with E-state index in [2.05, 4.69) is 9.71 Å². The van der Waals surface area contributed by atoms with Gasteiger partial charge in [-0.1, -0.05) is 0 Å². The van der Waals surface area contributed by atoms with E-state index >= 15 is 0 Å². The lowest BCUT2D eigenvalue weighted by molar-refractivity contribution is 0.519. The molecule has 1 aromatic heterocycles. The van der Waals surface area contributed by atoms with Gasteiger partial charge in [0.25, 0.3) is 0 Å². The fraction of sp³-hybridized carbons (Fsp3) is 0.500. The summed E-state index contributed by atoms with van der Waals surface area (Å²) in [6, 6.07) is 2.88. The van der Waals surface area contributed by atoms with Crippen molar-refractivity contribution in [1.29, 1.82) is 0 Å². The number of hydrogen-bond donors (Lipinski definition) is 2. The summed E-state index contributed by atoms with van der Waals surface area (Å²) in [5.41, 5.74) is 5.94. The molecular weight excluding hydrogens is 304 g/mol. The highest BCUT2D eigenvalue weighted by molar-refractivity contribution is 7.90. The molecule has 1 aromatic rings. The molecule has 1 heterocycles. The van der Waals surface area contributed by atoms with E-state index in [9.17, 15) is 16.8 Å². The van der Waals surface area contributed by atoms with E-state index in [1.807, 2.05) is 0 Å². The zero-order valence-electron chi connectivity index (χ0n) is 11.3. The van der Waals surface area contributed by atoms with E-state index < -0.39 is 20.0 Å². The standard InChI is InChI=1S/C10H18N4O4S2/c1-14(2)19(15,16)6-5-13-20(17,18)10-4-3-9(7-11)12-8-10/h3-4,8,13H,5-7,11H2,1-2H3. The first-order valence-corrected chi connectivity index (χ1v) is 8.83. The molecule has 10 heteroatoms. The van der Waals surface area contributed by atoms with E-state index in [4.69, 9.17) is 5.73 Å². The van der Waals surface area contributed by atoms with Crippen LogP contribution in [0.15, 0.2) is 23.2 Å². The van der Waals surface area contributed by atoms with Gasteiger partial charge in [-0.25, -0.2) is 25.9 Å². The van der Waals surface area contributed by atoms with Crippen molar-refractivity contribution in [3.8, 4) is 0 Å². The number of nitrogens with two attached hydrogens (primary N) is 1. The zero-order valence-corrected chi connectivity index (χ0v) is 12.9. The van der Waals surface area contributed by atoms with Crippen LogP contribution in [0.1, 0.15) is 5.69 Å². The summed E-state index contributed by atoms with van der Waals surface area (Å²) in [5.74, 6) is -0.312. The van der Waals surface area contributed by atoms with Crippen LogP contribution in [0, 0.1) is 0 Å². The third-order valence-corrected chi connectivity index (χ3v) is 5.80. The van der Waals surface area contributed by atoms with Crippen molar-refractivity contribution >= 4 is 20.0 Å². The van der Waals surface area contributed by atoms with E-state index in [0.29, 0.717) is 5.69 Å². The molecule has 8 nitrogen and oxygen atoms in total. The summed E-state index contributed by atoms with van der Waals surface area (Å²) in [4.78, 5) is 3.85. The average molecular weight is 322 g/mol. The number of aromatic nitrogens is 1. The predicted molar refractivity (Wildman–Crippen MR) is 74.8 cm³/mol. The summed E-state index contributed by atoms with van der Waals surface area (Å²) in [5, 5.41) is 0. The van der Waals surface area contributed by atoms with Crippen molar-refractivity contribution in [2.45, 2.75) is 11.4 Å². The van der Waals surface area contributed by atoms with Crippen molar-refractivity contribution in [2.24, 2.45) is 5.73 Å². The number of pyridine rings is 1. The van der Waals surface area contributed by atoms with E-state index in [-0.39, 0.29) is 23.7 Å². The molecular formula is C10H18N4O4S2. The van der Waals surface area contributed by atoms with E-state index in [0.717, 1.165) is 4.31 Å². The number of hydrogen-bond acceptors (Lipinski definition) is 6. The number of sulfonamides is 2. The molecule has 1 rings (SSSR count). The summed E-state index contributed by atoms with van der Waals surface area (Å²) in [7, 11) is -4.43. The molecule has 114 valence electrons. The summed E-state index contributed by atoms with van der Waals surface area (Å²) >= 11 is 0. The van der Waals surface area contributed by atoms with Gasteiger partial charge in [-0.05, 0) is 12.1 Å². The Bertz CT molecular complexity index is 638. The molecule has 0 unspecified atom stereocenters. The maximum absolute atomic E-state index is 11.9. The second kappa shape index (κ2) is 6.59. The summed E-state index contributed by atoms with van der Waals surface area (Å²) in [6.07, 6.45) is 1.19. The van der Waals surface area contributed by atoms with Gasteiger partial charge in [-0.15, -0.1) is 0 Å². The van der Waals surface area contributed by atoms with Crippen LogP contribution < -0.4 is 10.5 Å². The van der Waals surface area contributed by atoms with Gasteiger partial charge in [0.15, 0.2) is 0 Å². The molecule has 20 heavy (non-hydrogen) atoms. The van der Waals surface area contributed by atoms with Crippen LogP contribution in [0.2, 0.25) is 0 Å². The Kier molecular flexibility index (Phi) is 5.59. The fourth-order valence-corrected chi connectivity index (χ4v) is 3.09. The molecule has 0 aliphatic carbocycles. The van der Waals surface area contributed by atoms with Crippen LogP contribution in [-0.2, 0) is 26.6 Å². The molecule has 0 aromatic carbocycles. The van der Waals surface area contributed by atoms with Gasteiger partial charge in [-0.2, -0.15) is 0 Å².